The fourth-order valence-corrected chi connectivity index (χ4v) is 3.01. The smallest absolute Gasteiger partial charge is 0.261 e. The molecule has 0 radical (unpaired) electrons. The number of carbonyl (C=O) groups excluding carboxylic acids is 1. The summed E-state index contributed by atoms with van der Waals surface area (Å²) in [5, 5.41) is 4.09. The van der Waals surface area contributed by atoms with Gasteiger partial charge in [0.05, 0.1) is 12.8 Å². The summed E-state index contributed by atoms with van der Waals surface area (Å²) in [6, 6.07) is 19.9. The van der Waals surface area contributed by atoms with Gasteiger partial charge in [0, 0.05) is 22.2 Å². The molecule has 0 unspecified atom stereocenters. The lowest BCUT2D eigenvalue weighted by Crippen LogP contribution is -2.21. The fourth-order valence-electron chi connectivity index (χ4n) is 2.89. The van der Waals surface area contributed by atoms with Crippen molar-refractivity contribution in [2.45, 2.75) is 0 Å². The van der Waals surface area contributed by atoms with Crippen molar-refractivity contribution in [2.24, 2.45) is 4.99 Å². The van der Waals surface area contributed by atoms with Crippen LogP contribution in [0.2, 0.25) is 5.02 Å². The van der Waals surface area contributed by atoms with Gasteiger partial charge in [0.2, 0.25) is 5.55 Å². The Morgan fingerprint density at radius 3 is 2.57 bits per heavy atom. The molecule has 0 saturated carbocycles. The molecule has 0 saturated heterocycles. The number of nitrogens with one attached hydrogen (secondary N) is 1. The topological polar surface area (TPSA) is 63.8 Å². The summed E-state index contributed by atoms with van der Waals surface area (Å²) in [7, 11) is 1.38. The zero-order valence-electron chi connectivity index (χ0n) is 15.9. The standard InChI is InChI=1S/C23H16ClFN2O3/c1-29-21-11-10-17(13-19(21)25)27-23-18(12-14-4-2-3-5-20(14)30-23)22(28)26-16-8-6-15(24)7-9-16/h2-13H,1H3,(H,26,28). The van der Waals surface area contributed by atoms with Gasteiger partial charge in [-0.15, -0.1) is 0 Å². The van der Waals surface area contributed by atoms with Crippen LogP contribution in [-0.4, -0.2) is 13.0 Å². The number of rotatable bonds is 4. The van der Waals surface area contributed by atoms with Gasteiger partial charge in [-0.25, -0.2) is 9.38 Å². The molecule has 4 rings (SSSR count). The van der Waals surface area contributed by atoms with E-state index in [1.807, 2.05) is 18.2 Å². The number of fused-ring (bicyclic) bond motifs is 1. The van der Waals surface area contributed by atoms with Gasteiger partial charge < -0.3 is 14.5 Å². The Balaban J connectivity index is 1.82. The second kappa shape index (κ2) is 8.39. The molecule has 4 aromatic rings. The van der Waals surface area contributed by atoms with E-state index in [2.05, 4.69) is 10.3 Å². The second-order valence-corrected chi connectivity index (χ2v) is 6.83. The van der Waals surface area contributed by atoms with Crippen molar-refractivity contribution in [2.75, 3.05) is 12.4 Å². The van der Waals surface area contributed by atoms with E-state index in [0.717, 1.165) is 5.39 Å². The number of amides is 1. The number of halogens is 2. The minimum atomic E-state index is -0.563. The van der Waals surface area contributed by atoms with Crippen molar-refractivity contribution >= 4 is 39.9 Å². The fraction of sp³-hybridized carbons (Fsp3) is 0.0435. The van der Waals surface area contributed by atoms with Crippen molar-refractivity contribution in [3.05, 3.63) is 94.8 Å². The summed E-state index contributed by atoms with van der Waals surface area (Å²) in [4.78, 5) is 17.3. The first-order valence-electron chi connectivity index (χ1n) is 9.01. The first-order chi connectivity index (χ1) is 14.5. The van der Waals surface area contributed by atoms with Gasteiger partial charge >= 0.3 is 0 Å². The summed E-state index contributed by atoms with van der Waals surface area (Å²) in [6.45, 7) is 0. The van der Waals surface area contributed by atoms with E-state index >= 15 is 0 Å². The number of hydrogen-bond acceptors (Lipinski definition) is 4. The average Bonchev–Trinajstić information content (AvgIpc) is 2.75. The van der Waals surface area contributed by atoms with Crippen LogP contribution in [0.15, 0.2) is 82.2 Å². The third-order valence-corrected chi connectivity index (χ3v) is 4.62. The number of methoxy groups -OCH3 is 1. The zero-order valence-corrected chi connectivity index (χ0v) is 16.6. The zero-order chi connectivity index (χ0) is 21.1. The summed E-state index contributed by atoms with van der Waals surface area (Å²) < 4.78 is 24.9. The SMILES string of the molecule is COc1ccc(N=c2oc3ccccc3cc2C(=O)Nc2ccc(Cl)cc2)cc1F. The maximum Gasteiger partial charge on any atom is 0.261 e. The number of ether oxygens (including phenoxy) is 1. The lowest BCUT2D eigenvalue weighted by Gasteiger charge is -2.07. The minimum absolute atomic E-state index is 0.0599. The van der Waals surface area contributed by atoms with Crippen molar-refractivity contribution < 1.29 is 18.3 Å². The number of anilines is 1. The molecule has 0 aliphatic carbocycles. The summed E-state index contributed by atoms with van der Waals surface area (Å²) in [6.07, 6.45) is 0. The van der Waals surface area contributed by atoms with E-state index in [4.69, 9.17) is 20.8 Å². The quantitative estimate of drug-likeness (QED) is 0.457. The maximum atomic E-state index is 14.1. The molecule has 5 nitrogen and oxygen atoms in total. The van der Waals surface area contributed by atoms with Gasteiger partial charge in [0.25, 0.3) is 5.91 Å². The molecule has 1 heterocycles. The summed E-state index contributed by atoms with van der Waals surface area (Å²) >= 11 is 5.90. The van der Waals surface area contributed by atoms with Crippen LogP contribution in [0.1, 0.15) is 10.4 Å². The van der Waals surface area contributed by atoms with E-state index in [1.54, 1.807) is 42.5 Å². The Hall–Kier alpha value is -3.64. The van der Waals surface area contributed by atoms with Crippen molar-refractivity contribution in [3.8, 4) is 5.75 Å². The van der Waals surface area contributed by atoms with Crippen LogP contribution in [0, 0.1) is 5.82 Å². The molecule has 150 valence electrons. The molecule has 1 N–H and O–H groups in total. The number of para-hydroxylation sites is 1. The highest BCUT2D eigenvalue weighted by Crippen LogP contribution is 2.23. The van der Waals surface area contributed by atoms with Crippen LogP contribution in [0.3, 0.4) is 0 Å². The largest absolute Gasteiger partial charge is 0.494 e. The molecule has 1 amide bonds. The van der Waals surface area contributed by atoms with E-state index in [1.165, 1.54) is 19.2 Å². The van der Waals surface area contributed by atoms with Crippen molar-refractivity contribution in [1.29, 1.82) is 0 Å². The Labute approximate surface area is 176 Å². The molecule has 7 heteroatoms. The van der Waals surface area contributed by atoms with E-state index in [0.29, 0.717) is 16.3 Å². The highest BCUT2D eigenvalue weighted by atomic mass is 35.5. The Bertz CT molecular complexity index is 1300. The first-order valence-corrected chi connectivity index (χ1v) is 9.39. The van der Waals surface area contributed by atoms with Crippen LogP contribution >= 0.6 is 11.6 Å². The minimum Gasteiger partial charge on any atom is -0.494 e. The van der Waals surface area contributed by atoms with Crippen LogP contribution in [0.25, 0.3) is 11.0 Å². The van der Waals surface area contributed by atoms with Crippen molar-refractivity contribution in [1.82, 2.24) is 0 Å². The lowest BCUT2D eigenvalue weighted by molar-refractivity contribution is 0.102. The van der Waals surface area contributed by atoms with Gasteiger partial charge in [-0.05, 0) is 48.5 Å². The Morgan fingerprint density at radius 2 is 1.83 bits per heavy atom. The maximum absolute atomic E-state index is 14.1. The molecular formula is C23H16ClFN2O3. The highest BCUT2D eigenvalue weighted by molar-refractivity contribution is 6.30. The van der Waals surface area contributed by atoms with Gasteiger partial charge in [-0.1, -0.05) is 29.8 Å². The third-order valence-electron chi connectivity index (χ3n) is 4.37. The number of hydrogen-bond donors (Lipinski definition) is 1. The molecule has 3 aromatic carbocycles. The normalized spacial score (nSPS) is 11.5. The number of benzene rings is 3. The number of nitrogens with zero attached hydrogens (tertiary/aromatic N) is 1. The molecule has 0 atom stereocenters. The van der Waals surface area contributed by atoms with Gasteiger partial charge in [-0.2, -0.15) is 0 Å². The monoisotopic (exact) mass is 422 g/mol. The van der Waals surface area contributed by atoms with Gasteiger partial charge in [0.1, 0.15) is 11.1 Å². The van der Waals surface area contributed by atoms with Crippen molar-refractivity contribution in [3.63, 3.8) is 0 Å². The molecule has 30 heavy (non-hydrogen) atoms. The molecule has 0 aliphatic rings. The highest BCUT2D eigenvalue weighted by Gasteiger charge is 2.14. The molecule has 0 spiro atoms. The van der Waals surface area contributed by atoms with E-state index in [9.17, 15) is 9.18 Å². The van der Waals surface area contributed by atoms with Crippen LogP contribution in [0.5, 0.6) is 5.75 Å². The number of carbonyl (C=O) groups is 1. The summed E-state index contributed by atoms with van der Waals surface area (Å²) in [5.74, 6) is -0.878. The summed E-state index contributed by atoms with van der Waals surface area (Å²) in [5.41, 5.74) is 1.67. The van der Waals surface area contributed by atoms with Crippen LogP contribution < -0.4 is 15.6 Å². The lowest BCUT2D eigenvalue weighted by atomic mass is 10.1. The average molecular weight is 423 g/mol. The molecule has 0 bridgehead atoms. The van der Waals surface area contributed by atoms with E-state index in [-0.39, 0.29) is 22.6 Å². The molecular weight excluding hydrogens is 407 g/mol. The van der Waals surface area contributed by atoms with Crippen LogP contribution in [-0.2, 0) is 0 Å². The Morgan fingerprint density at radius 1 is 1.07 bits per heavy atom. The molecule has 0 aliphatic heterocycles. The Kier molecular flexibility index (Phi) is 5.50. The first kappa shape index (κ1) is 19.7. The van der Waals surface area contributed by atoms with Gasteiger partial charge in [0.15, 0.2) is 11.6 Å². The van der Waals surface area contributed by atoms with E-state index < -0.39 is 11.7 Å². The predicted molar refractivity (Wildman–Crippen MR) is 114 cm³/mol. The van der Waals surface area contributed by atoms with Crippen LogP contribution in [0.4, 0.5) is 15.8 Å². The van der Waals surface area contributed by atoms with Gasteiger partial charge in [-0.3, -0.25) is 4.79 Å². The second-order valence-electron chi connectivity index (χ2n) is 6.39. The molecule has 1 aromatic heterocycles. The molecule has 0 fully saturated rings. The predicted octanol–water partition coefficient (Wildman–Crippen LogP) is 5.72. The third kappa shape index (κ3) is 4.18.